The Morgan fingerprint density at radius 3 is 2.56 bits per heavy atom. The summed E-state index contributed by atoms with van der Waals surface area (Å²) in [4.78, 5) is 4.63. The number of aliphatic imine (C=N–C) groups is 1. The standard InChI is InChI=1S/C13H27N3S.HI/c1-5-14-12(16-10-13(2,3)4)15-9-11-7-6-8-17-11;/h11H,5-10H2,1-4H3,(H2,14,15,16);1H. The van der Waals surface area contributed by atoms with E-state index in [1.165, 1.54) is 18.6 Å². The average Bonchev–Trinajstić information content (AvgIpc) is 2.74. The Labute approximate surface area is 133 Å². The highest BCUT2D eigenvalue weighted by atomic mass is 127. The Morgan fingerprint density at radius 1 is 1.33 bits per heavy atom. The number of rotatable bonds is 4. The van der Waals surface area contributed by atoms with Crippen molar-refractivity contribution in [2.75, 3.05) is 25.4 Å². The fourth-order valence-corrected chi connectivity index (χ4v) is 2.87. The van der Waals surface area contributed by atoms with E-state index in [-0.39, 0.29) is 29.4 Å². The molecule has 1 aliphatic heterocycles. The van der Waals surface area contributed by atoms with Crippen molar-refractivity contribution in [3.8, 4) is 0 Å². The van der Waals surface area contributed by atoms with Crippen LogP contribution in [0.15, 0.2) is 4.99 Å². The zero-order valence-corrected chi connectivity index (χ0v) is 15.2. The first kappa shape index (κ1) is 18.4. The Balaban J connectivity index is 0.00000289. The van der Waals surface area contributed by atoms with Gasteiger partial charge in [-0.3, -0.25) is 4.99 Å². The Kier molecular flexibility index (Phi) is 9.47. The normalized spacial score (nSPS) is 20.4. The third-order valence-electron chi connectivity index (χ3n) is 2.58. The SMILES string of the molecule is CCNC(=NCC(C)(C)C)NCC1CCCS1.I. The lowest BCUT2D eigenvalue weighted by Gasteiger charge is -2.18. The largest absolute Gasteiger partial charge is 0.357 e. The average molecular weight is 385 g/mol. The first-order chi connectivity index (χ1) is 8.01. The minimum absolute atomic E-state index is 0. The van der Waals surface area contributed by atoms with Gasteiger partial charge in [0.15, 0.2) is 5.96 Å². The molecule has 108 valence electrons. The molecule has 1 fully saturated rings. The Bertz CT molecular complexity index is 245. The molecule has 0 bridgehead atoms. The van der Waals surface area contributed by atoms with Gasteiger partial charge in [0.05, 0.1) is 0 Å². The van der Waals surface area contributed by atoms with Gasteiger partial charge in [-0.25, -0.2) is 0 Å². The first-order valence-corrected chi connectivity index (χ1v) is 7.70. The molecule has 1 atom stereocenters. The third-order valence-corrected chi connectivity index (χ3v) is 3.98. The molecule has 5 heteroatoms. The van der Waals surface area contributed by atoms with Crippen molar-refractivity contribution < 1.29 is 0 Å². The highest BCUT2D eigenvalue weighted by molar-refractivity contribution is 14.0. The van der Waals surface area contributed by atoms with Crippen LogP contribution in [0.2, 0.25) is 0 Å². The summed E-state index contributed by atoms with van der Waals surface area (Å²) in [6.45, 7) is 11.6. The van der Waals surface area contributed by atoms with Crippen LogP contribution >= 0.6 is 35.7 Å². The predicted octanol–water partition coefficient (Wildman–Crippen LogP) is 3.10. The van der Waals surface area contributed by atoms with E-state index in [0.717, 1.165) is 30.8 Å². The van der Waals surface area contributed by atoms with Crippen LogP contribution in [0, 0.1) is 5.41 Å². The zero-order valence-electron chi connectivity index (χ0n) is 12.1. The van der Waals surface area contributed by atoms with Gasteiger partial charge in [0.2, 0.25) is 0 Å². The van der Waals surface area contributed by atoms with Crippen molar-refractivity contribution in [3.05, 3.63) is 0 Å². The van der Waals surface area contributed by atoms with E-state index in [1.54, 1.807) is 0 Å². The number of guanidine groups is 1. The molecule has 1 heterocycles. The summed E-state index contributed by atoms with van der Waals surface area (Å²) in [6.07, 6.45) is 2.71. The van der Waals surface area contributed by atoms with Crippen molar-refractivity contribution >= 4 is 41.7 Å². The minimum atomic E-state index is 0. The van der Waals surface area contributed by atoms with Crippen molar-refractivity contribution in [2.24, 2.45) is 10.4 Å². The molecule has 2 N–H and O–H groups in total. The molecule has 0 aromatic heterocycles. The van der Waals surface area contributed by atoms with Crippen LogP contribution in [0.4, 0.5) is 0 Å². The molecule has 1 unspecified atom stereocenters. The lowest BCUT2D eigenvalue weighted by atomic mass is 9.97. The molecule has 1 rings (SSSR count). The molecule has 0 aromatic rings. The summed E-state index contributed by atoms with van der Waals surface area (Å²) >= 11 is 2.08. The molecule has 0 spiro atoms. The van der Waals surface area contributed by atoms with Gasteiger partial charge in [0.25, 0.3) is 0 Å². The fourth-order valence-electron chi connectivity index (χ4n) is 1.67. The van der Waals surface area contributed by atoms with E-state index >= 15 is 0 Å². The van der Waals surface area contributed by atoms with Crippen LogP contribution in [0.3, 0.4) is 0 Å². The van der Waals surface area contributed by atoms with E-state index < -0.39 is 0 Å². The highest BCUT2D eigenvalue weighted by Gasteiger charge is 2.16. The van der Waals surface area contributed by atoms with E-state index in [4.69, 9.17) is 0 Å². The summed E-state index contributed by atoms with van der Waals surface area (Å²) in [5, 5.41) is 7.53. The maximum Gasteiger partial charge on any atom is 0.191 e. The van der Waals surface area contributed by atoms with Gasteiger partial charge in [-0.15, -0.1) is 24.0 Å². The lowest BCUT2D eigenvalue weighted by Crippen LogP contribution is -2.40. The number of thioether (sulfide) groups is 1. The first-order valence-electron chi connectivity index (χ1n) is 6.65. The van der Waals surface area contributed by atoms with Crippen LogP contribution in [0.5, 0.6) is 0 Å². The number of hydrogen-bond donors (Lipinski definition) is 2. The van der Waals surface area contributed by atoms with Gasteiger partial charge >= 0.3 is 0 Å². The molecular weight excluding hydrogens is 357 g/mol. The van der Waals surface area contributed by atoms with Crippen LogP contribution < -0.4 is 10.6 Å². The smallest absolute Gasteiger partial charge is 0.191 e. The predicted molar refractivity (Wildman–Crippen MR) is 94.3 cm³/mol. The summed E-state index contributed by atoms with van der Waals surface area (Å²) in [6, 6.07) is 0. The van der Waals surface area contributed by atoms with Crippen molar-refractivity contribution in [2.45, 2.75) is 45.8 Å². The van der Waals surface area contributed by atoms with Gasteiger partial charge in [-0.05, 0) is 30.9 Å². The van der Waals surface area contributed by atoms with E-state index in [0.29, 0.717) is 0 Å². The second-order valence-electron chi connectivity index (χ2n) is 5.77. The topological polar surface area (TPSA) is 36.4 Å². The number of nitrogens with zero attached hydrogens (tertiary/aromatic N) is 1. The van der Waals surface area contributed by atoms with Crippen molar-refractivity contribution in [1.82, 2.24) is 10.6 Å². The zero-order chi connectivity index (χ0) is 12.7. The summed E-state index contributed by atoms with van der Waals surface area (Å²) in [5.74, 6) is 2.29. The third kappa shape index (κ3) is 8.45. The minimum Gasteiger partial charge on any atom is -0.357 e. The van der Waals surface area contributed by atoms with E-state index in [1.807, 2.05) is 0 Å². The molecule has 18 heavy (non-hydrogen) atoms. The second-order valence-corrected chi connectivity index (χ2v) is 7.18. The summed E-state index contributed by atoms with van der Waals surface area (Å²) in [7, 11) is 0. The highest BCUT2D eigenvalue weighted by Crippen LogP contribution is 2.25. The molecule has 1 saturated heterocycles. The van der Waals surface area contributed by atoms with Crippen molar-refractivity contribution in [1.29, 1.82) is 0 Å². The molecule has 1 aliphatic rings. The fraction of sp³-hybridized carbons (Fsp3) is 0.923. The monoisotopic (exact) mass is 385 g/mol. The number of hydrogen-bond acceptors (Lipinski definition) is 2. The van der Waals surface area contributed by atoms with Gasteiger partial charge in [0, 0.05) is 24.9 Å². The Hall–Kier alpha value is 0.350. The van der Waals surface area contributed by atoms with Gasteiger partial charge in [-0.2, -0.15) is 11.8 Å². The molecule has 0 aliphatic carbocycles. The van der Waals surface area contributed by atoms with Crippen LogP contribution in [-0.2, 0) is 0 Å². The van der Waals surface area contributed by atoms with Gasteiger partial charge in [-0.1, -0.05) is 20.8 Å². The van der Waals surface area contributed by atoms with Crippen molar-refractivity contribution in [3.63, 3.8) is 0 Å². The summed E-state index contributed by atoms with van der Waals surface area (Å²) < 4.78 is 0. The number of nitrogens with one attached hydrogen (secondary N) is 2. The Morgan fingerprint density at radius 2 is 2.06 bits per heavy atom. The molecule has 0 aromatic carbocycles. The second kappa shape index (κ2) is 9.28. The maximum atomic E-state index is 4.63. The number of halogens is 1. The van der Waals surface area contributed by atoms with Crippen LogP contribution in [0.25, 0.3) is 0 Å². The van der Waals surface area contributed by atoms with E-state index in [9.17, 15) is 0 Å². The molecular formula is C13H28IN3S. The quantitative estimate of drug-likeness (QED) is 0.444. The van der Waals surface area contributed by atoms with Gasteiger partial charge in [0.1, 0.15) is 0 Å². The molecule has 3 nitrogen and oxygen atoms in total. The summed E-state index contributed by atoms with van der Waals surface area (Å²) in [5.41, 5.74) is 0.254. The maximum absolute atomic E-state index is 4.63. The molecule has 0 radical (unpaired) electrons. The van der Waals surface area contributed by atoms with Crippen LogP contribution in [0.1, 0.15) is 40.5 Å². The van der Waals surface area contributed by atoms with Gasteiger partial charge < -0.3 is 10.6 Å². The lowest BCUT2D eigenvalue weighted by molar-refractivity contribution is 0.428. The molecule has 0 saturated carbocycles. The van der Waals surface area contributed by atoms with Crippen LogP contribution in [-0.4, -0.2) is 36.6 Å². The van der Waals surface area contributed by atoms with E-state index in [2.05, 4.69) is 55.1 Å². The molecule has 0 amide bonds.